The summed E-state index contributed by atoms with van der Waals surface area (Å²) >= 11 is 0. The van der Waals surface area contributed by atoms with Gasteiger partial charge in [0.15, 0.2) is 0 Å². The van der Waals surface area contributed by atoms with Crippen molar-refractivity contribution in [1.82, 2.24) is 5.32 Å². The number of nitrogens with one attached hydrogen (secondary N) is 1. The summed E-state index contributed by atoms with van der Waals surface area (Å²) in [5.74, 6) is -0.297. The van der Waals surface area contributed by atoms with Crippen molar-refractivity contribution < 1.29 is 13.9 Å². The van der Waals surface area contributed by atoms with Crippen LogP contribution in [0.4, 0.5) is 9.18 Å². The van der Waals surface area contributed by atoms with Crippen molar-refractivity contribution in [3.05, 3.63) is 35.6 Å². The van der Waals surface area contributed by atoms with Gasteiger partial charge in [0.1, 0.15) is 12.4 Å². The molecule has 0 spiro atoms. The Balaban J connectivity index is 0.00000144. The first-order chi connectivity index (χ1) is 7.49. The van der Waals surface area contributed by atoms with Crippen LogP contribution in [0.3, 0.4) is 0 Å². The maximum atomic E-state index is 13.1. The second kappa shape index (κ2) is 4.92. The molecule has 1 N–H and O–H groups in total. The minimum atomic E-state index is -0.450. The van der Waals surface area contributed by atoms with E-state index < -0.39 is 6.09 Å². The van der Waals surface area contributed by atoms with Crippen LogP contribution in [-0.2, 0) is 4.74 Å². The van der Waals surface area contributed by atoms with Crippen LogP contribution in [0.5, 0.6) is 0 Å². The molecule has 17 heavy (non-hydrogen) atoms. The number of alkyl carbamates (subject to hydrolysis) is 1. The largest absolute Gasteiger partial charge is 0.449 e. The second-order valence-corrected chi connectivity index (χ2v) is 4.70. The van der Waals surface area contributed by atoms with E-state index in [1.807, 2.05) is 13.8 Å². The summed E-state index contributed by atoms with van der Waals surface area (Å²) in [5.41, 5.74) is 0.517. The van der Waals surface area contributed by atoms with Crippen LogP contribution < -0.4 is 5.32 Å². The average Bonchev–Trinajstić information content (AvgIpc) is 2.22. The molecule has 0 bridgehead atoms. The summed E-state index contributed by atoms with van der Waals surface area (Å²) in [6.45, 7) is 4.28. The van der Waals surface area contributed by atoms with E-state index in [4.69, 9.17) is 4.74 Å². The standard InChI is InChI=1S/C12H14FNO2.ClH/c1-12(2)7-16-11(15)14-10(12)8-4-3-5-9(13)6-8;/h3-6,10H,7H2,1-2H3,(H,14,15);1H/t10-;/m1./s1. The molecule has 0 saturated carbocycles. The third-order valence-corrected chi connectivity index (χ3v) is 2.80. The second-order valence-electron chi connectivity index (χ2n) is 4.70. The van der Waals surface area contributed by atoms with Crippen molar-refractivity contribution in [3.8, 4) is 0 Å². The smallest absolute Gasteiger partial charge is 0.407 e. The number of benzene rings is 1. The molecule has 1 atom stereocenters. The summed E-state index contributed by atoms with van der Waals surface area (Å²) in [4.78, 5) is 11.2. The highest BCUT2D eigenvalue weighted by Crippen LogP contribution is 2.36. The molecular weight excluding hydrogens is 245 g/mol. The first-order valence-corrected chi connectivity index (χ1v) is 5.18. The van der Waals surface area contributed by atoms with E-state index in [0.717, 1.165) is 5.56 Å². The number of hydrogen-bond acceptors (Lipinski definition) is 2. The Bertz CT molecular complexity index is 423. The predicted molar refractivity (Wildman–Crippen MR) is 64.7 cm³/mol. The molecule has 3 nitrogen and oxygen atoms in total. The molecule has 5 heteroatoms. The quantitative estimate of drug-likeness (QED) is 0.842. The van der Waals surface area contributed by atoms with Crippen LogP contribution in [0, 0.1) is 11.2 Å². The van der Waals surface area contributed by atoms with Gasteiger partial charge >= 0.3 is 6.09 Å². The lowest BCUT2D eigenvalue weighted by Crippen LogP contribution is -2.46. The van der Waals surface area contributed by atoms with Crippen molar-refractivity contribution in [2.75, 3.05) is 6.61 Å². The van der Waals surface area contributed by atoms with Crippen LogP contribution in [0.1, 0.15) is 25.5 Å². The third-order valence-electron chi connectivity index (χ3n) is 2.80. The fourth-order valence-electron chi connectivity index (χ4n) is 1.91. The summed E-state index contributed by atoms with van der Waals surface area (Å²) in [5, 5.41) is 2.72. The van der Waals surface area contributed by atoms with Gasteiger partial charge in [-0.05, 0) is 17.7 Å². The minimum Gasteiger partial charge on any atom is -0.449 e. The van der Waals surface area contributed by atoms with E-state index in [0.29, 0.717) is 6.61 Å². The maximum Gasteiger partial charge on any atom is 0.407 e. The molecule has 1 amide bonds. The normalized spacial score (nSPS) is 22.1. The number of ether oxygens (including phenoxy) is 1. The van der Waals surface area contributed by atoms with Gasteiger partial charge in [-0.15, -0.1) is 12.4 Å². The van der Waals surface area contributed by atoms with Crippen LogP contribution in [0.25, 0.3) is 0 Å². The number of carbonyl (C=O) groups is 1. The highest BCUT2D eigenvalue weighted by Gasteiger charge is 2.37. The van der Waals surface area contributed by atoms with E-state index in [1.165, 1.54) is 12.1 Å². The lowest BCUT2D eigenvalue weighted by molar-refractivity contribution is 0.0386. The first kappa shape index (κ1) is 13.8. The summed E-state index contributed by atoms with van der Waals surface area (Å²) in [7, 11) is 0. The number of rotatable bonds is 1. The lowest BCUT2D eigenvalue weighted by atomic mass is 9.80. The highest BCUT2D eigenvalue weighted by molar-refractivity contribution is 5.85. The fraction of sp³-hybridized carbons (Fsp3) is 0.417. The zero-order chi connectivity index (χ0) is 11.8. The summed E-state index contributed by atoms with van der Waals surface area (Å²) < 4.78 is 18.1. The van der Waals surface area contributed by atoms with Gasteiger partial charge in [-0.1, -0.05) is 26.0 Å². The van der Waals surface area contributed by atoms with Crippen LogP contribution in [-0.4, -0.2) is 12.7 Å². The Kier molecular flexibility index (Phi) is 3.98. The molecule has 1 aromatic rings. The van der Waals surface area contributed by atoms with Crippen LogP contribution >= 0.6 is 12.4 Å². The molecule has 0 aliphatic carbocycles. The van der Waals surface area contributed by atoms with Crippen molar-refractivity contribution in [2.24, 2.45) is 5.41 Å². The van der Waals surface area contributed by atoms with Gasteiger partial charge < -0.3 is 10.1 Å². The zero-order valence-corrected chi connectivity index (χ0v) is 10.5. The number of hydrogen-bond donors (Lipinski definition) is 1. The van der Waals surface area contributed by atoms with Gasteiger partial charge in [0.05, 0.1) is 6.04 Å². The maximum absolute atomic E-state index is 13.1. The molecule has 1 aliphatic rings. The van der Waals surface area contributed by atoms with Gasteiger partial charge in [-0.25, -0.2) is 9.18 Å². The number of carbonyl (C=O) groups excluding carboxylic acids is 1. The van der Waals surface area contributed by atoms with E-state index in [9.17, 15) is 9.18 Å². The zero-order valence-electron chi connectivity index (χ0n) is 9.70. The fourth-order valence-corrected chi connectivity index (χ4v) is 1.91. The average molecular weight is 260 g/mol. The predicted octanol–water partition coefficient (Wildman–Crippen LogP) is 3.05. The molecule has 1 fully saturated rings. The molecule has 94 valence electrons. The SMILES string of the molecule is CC1(C)COC(=O)N[C@@H]1c1cccc(F)c1.Cl. The Morgan fingerprint density at radius 2 is 2.18 bits per heavy atom. The summed E-state index contributed by atoms with van der Waals surface area (Å²) in [6, 6.07) is 6.06. The third kappa shape index (κ3) is 2.88. The van der Waals surface area contributed by atoms with E-state index >= 15 is 0 Å². The lowest BCUT2D eigenvalue weighted by Gasteiger charge is -2.38. The van der Waals surface area contributed by atoms with Gasteiger partial charge in [0.25, 0.3) is 0 Å². The molecule has 1 saturated heterocycles. The molecule has 1 aromatic carbocycles. The van der Waals surface area contributed by atoms with Crippen molar-refractivity contribution in [1.29, 1.82) is 0 Å². The van der Waals surface area contributed by atoms with E-state index in [1.54, 1.807) is 12.1 Å². The van der Waals surface area contributed by atoms with Crippen LogP contribution in [0.15, 0.2) is 24.3 Å². The first-order valence-electron chi connectivity index (χ1n) is 5.18. The topological polar surface area (TPSA) is 38.3 Å². The number of cyclic esters (lactones) is 1. The molecule has 0 aromatic heterocycles. The molecule has 1 heterocycles. The molecular formula is C12H15ClFNO2. The Hall–Kier alpha value is -1.29. The Morgan fingerprint density at radius 3 is 2.82 bits per heavy atom. The van der Waals surface area contributed by atoms with Crippen LogP contribution in [0.2, 0.25) is 0 Å². The van der Waals surface area contributed by atoms with E-state index in [-0.39, 0.29) is 29.7 Å². The molecule has 0 radical (unpaired) electrons. The molecule has 1 aliphatic heterocycles. The van der Waals surface area contributed by atoms with Crippen molar-refractivity contribution in [3.63, 3.8) is 0 Å². The van der Waals surface area contributed by atoms with E-state index in [2.05, 4.69) is 5.32 Å². The van der Waals surface area contributed by atoms with Gasteiger partial charge in [-0.2, -0.15) is 0 Å². The monoisotopic (exact) mass is 259 g/mol. The van der Waals surface area contributed by atoms with Gasteiger partial charge in [0.2, 0.25) is 0 Å². The van der Waals surface area contributed by atoms with Crippen molar-refractivity contribution >= 4 is 18.5 Å². The highest BCUT2D eigenvalue weighted by atomic mass is 35.5. The molecule has 2 rings (SSSR count). The van der Waals surface area contributed by atoms with Gasteiger partial charge in [-0.3, -0.25) is 0 Å². The Morgan fingerprint density at radius 1 is 1.47 bits per heavy atom. The number of halogens is 2. The molecule has 0 unspecified atom stereocenters. The van der Waals surface area contributed by atoms with Gasteiger partial charge in [0, 0.05) is 5.41 Å². The number of amides is 1. The summed E-state index contributed by atoms with van der Waals surface area (Å²) in [6.07, 6.45) is -0.450. The minimum absolute atomic E-state index is 0. The van der Waals surface area contributed by atoms with Crippen molar-refractivity contribution in [2.45, 2.75) is 19.9 Å². The Labute approximate surface area is 106 Å².